The second-order valence-electron chi connectivity index (χ2n) is 10.6. The van der Waals surface area contributed by atoms with Crippen LogP contribution in [0.1, 0.15) is 35.7 Å². The van der Waals surface area contributed by atoms with Gasteiger partial charge in [0.1, 0.15) is 29.8 Å². The molecule has 0 N–H and O–H groups in total. The lowest BCUT2D eigenvalue weighted by Gasteiger charge is -2.33. The lowest BCUT2D eigenvalue weighted by molar-refractivity contribution is -0.384. The molecule has 1 fully saturated rings. The zero-order valence-electron chi connectivity index (χ0n) is 25.0. The van der Waals surface area contributed by atoms with Gasteiger partial charge in [-0.3, -0.25) is 14.9 Å². The van der Waals surface area contributed by atoms with E-state index in [1.165, 1.54) is 56.5 Å². The van der Waals surface area contributed by atoms with Gasteiger partial charge in [-0.2, -0.15) is 0 Å². The molecule has 0 bridgehead atoms. The van der Waals surface area contributed by atoms with E-state index in [4.69, 9.17) is 33.2 Å². The number of rotatable bonds is 12. The van der Waals surface area contributed by atoms with Crippen molar-refractivity contribution >= 4 is 39.8 Å². The van der Waals surface area contributed by atoms with E-state index >= 15 is 0 Å². The van der Waals surface area contributed by atoms with Crippen molar-refractivity contribution in [2.24, 2.45) is 0 Å². The van der Waals surface area contributed by atoms with Gasteiger partial charge in [0, 0.05) is 37.7 Å². The molecular weight excluding hydrogens is 602 g/mol. The van der Waals surface area contributed by atoms with Crippen LogP contribution in [-0.4, -0.2) is 85.7 Å². The highest BCUT2D eigenvalue weighted by Crippen LogP contribution is 2.34. The summed E-state index contributed by atoms with van der Waals surface area (Å²) in [6.07, 6.45) is 2.48. The molecule has 0 spiro atoms. The maximum absolute atomic E-state index is 13.2. The Morgan fingerprint density at radius 2 is 1.73 bits per heavy atom. The molecule has 0 saturated carbocycles. The molecule has 1 saturated heterocycles. The fourth-order valence-electron chi connectivity index (χ4n) is 3.97. The number of methoxy groups -OCH3 is 1. The Balaban J connectivity index is 1.76. The number of carbonyl (C=O) groups is 4. The number of nitro groups is 1. The molecule has 2 aromatic carbocycles. The lowest BCUT2D eigenvalue weighted by atomic mass is 10.0. The Morgan fingerprint density at radius 3 is 2.34 bits per heavy atom. The van der Waals surface area contributed by atoms with E-state index in [2.05, 4.69) is 18.8 Å². The molecular formula is C29H35NO13S. The number of ether oxygens (including phenoxy) is 7. The zero-order valence-corrected chi connectivity index (χ0v) is 25.8. The number of benzene rings is 2. The van der Waals surface area contributed by atoms with Gasteiger partial charge in [-0.05, 0) is 48.6 Å². The third-order valence-electron chi connectivity index (χ3n) is 6.10. The standard InChI is InChI=1S/C29H35NO13S/c1-18(31)40-22-15-25(28(33)37-2)43-26(16-22)42-24-11-6-19(14-23(24)27(32)38-12-13-44(3,4)5)17-39-29(34)41-21-9-7-20(8-10-21)30(35)36/h6-11,14,22,25-26H,12-13,15-17H2,1-5H3/t22-,25-,26+/m0/s1. The minimum atomic E-state index is -1.08. The van der Waals surface area contributed by atoms with Crippen LogP contribution in [0.2, 0.25) is 0 Å². The first kappa shape index (κ1) is 34.1. The van der Waals surface area contributed by atoms with Gasteiger partial charge in [0.25, 0.3) is 5.69 Å². The molecule has 0 aliphatic carbocycles. The van der Waals surface area contributed by atoms with Gasteiger partial charge < -0.3 is 33.2 Å². The number of nitrogens with zero attached hydrogens (tertiary/aromatic N) is 1. The van der Waals surface area contributed by atoms with Crippen molar-refractivity contribution in [2.45, 2.75) is 44.9 Å². The van der Waals surface area contributed by atoms with Crippen LogP contribution in [0.25, 0.3) is 0 Å². The third-order valence-corrected chi connectivity index (χ3v) is 7.49. The van der Waals surface area contributed by atoms with Gasteiger partial charge in [-0.25, -0.2) is 24.4 Å². The van der Waals surface area contributed by atoms with Crippen LogP contribution in [0.15, 0.2) is 42.5 Å². The first-order valence-electron chi connectivity index (χ1n) is 13.4. The second-order valence-corrected chi connectivity index (χ2v) is 15.1. The molecule has 44 heavy (non-hydrogen) atoms. The molecule has 0 aromatic heterocycles. The first-order valence-corrected chi connectivity index (χ1v) is 16.4. The maximum Gasteiger partial charge on any atom is 0.514 e. The number of carbonyl (C=O) groups excluding carboxylic acids is 4. The smallest absolute Gasteiger partial charge is 0.467 e. The summed E-state index contributed by atoms with van der Waals surface area (Å²) in [7, 11) is 0.256. The number of hydrogen-bond donors (Lipinski definition) is 0. The Labute approximate surface area is 255 Å². The fourth-order valence-corrected chi connectivity index (χ4v) is 4.55. The minimum absolute atomic E-state index is 0.00609. The van der Waals surface area contributed by atoms with E-state index in [0.717, 1.165) is 0 Å². The van der Waals surface area contributed by atoms with Gasteiger partial charge in [-0.1, -0.05) is 6.07 Å². The Morgan fingerprint density at radius 1 is 1.02 bits per heavy atom. The summed E-state index contributed by atoms with van der Waals surface area (Å²) in [5.74, 6) is -1.14. The van der Waals surface area contributed by atoms with Crippen LogP contribution < -0.4 is 9.47 Å². The molecule has 0 radical (unpaired) electrons. The molecule has 0 unspecified atom stereocenters. The summed E-state index contributed by atoms with van der Waals surface area (Å²) >= 11 is 0. The topological polar surface area (TPSA) is 176 Å². The van der Waals surface area contributed by atoms with Crippen molar-refractivity contribution < 1.29 is 57.3 Å². The van der Waals surface area contributed by atoms with Crippen molar-refractivity contribution in [1.29, 1.82) is 0 Å². The molecule has 1 aliphatic heterocycles. The van der Waals surface area contributed by atoms with Gasteiger partial charge in [0.05, 0.1) is 18.6 Å². The van der Waals surface area contributed by atoms with Crippen LogP contribution in [0.3, 0.4) is 0 Å². The molecule has 1 heterocycles. The van der Waals surface area contributed by atoms with Crippen LogP contribution in [0.5, 0.6) is 11.5 Å². The van der Waals surface area contributed by atoms with E-state index < -0.39 is 57.5 Å². The molecule has 240 valence electrons. The van der Waals surface area contributed by atoms with E-state index in [0.29, 0.717) is 11.3 Å². The highest BCUT2D eigenvalue weighted by molar-refractivity contribution is 8.32. The maximum atomic E-state index is 13.2. The first-order chi connectivity index (χ1) is 20.7. The predicted octanol–water partition coefficient (Wildman–Crippen LogP) is 4.15. The van der Waals surface area contributed by atoms with E-state index in [-0.39, 0.29) is 48.8 Å². The Bertz CT molecular complexity index is 1360. The molecule has 0 amide bonds. The Hall–Kier alpha value is -4.37. The van der Waals surface area contributed by atoms with Crippen LogP contribution in [0.4, 0.5) is 10.5 Å². The van der Waals surface area contributed by atoms with Crippen molar-refractivity contribution in [3.8, 4) is 11.5 Å². The number of hydrogen-bond acceptors (Lipinski definition) is 13. The zero-order chi connectivity index (χ0) is 32.4. The van der Waals surface area contributed by atoms with Crippen LogP contribution in [0, 0.1) is 10.1 Å². The lowest BCUT2D eigenvalue weighted by Crippen LogP contribution is -2.44. The van der Waals surface area contributed by atoms with Gasteiger partial charge in [-0.15, -0.1) is 0 Å². The Kier molecular flexibility index (Phi) is 11.9. The minimum Gasteiger partial charge on any atom is -0.467 e. The normalized spacial score (nSPS) is 18.3. The summed E-state index contributed by atoms with van der Waals surface area (Å²) in [5.41, 5.74) is 0.227. The summed E-state index contributed by atoms with van der Waals surface area (Å²) in [6, 6.07) is 9.28. The van der Waals surface area contributed by atoms with Gasteiger partial charge >= 0.3 is 24.1 Å². The number of esters is 3. The van der Waals surface area contributed by atoms with Crippen LogP contribution >= 0.6 is 10.0 Å². The predicted molar refractivity (Wildman–Crippen MR) is 157 cm³/mol. The third kappa shape index (κ3) is 10.7. The van der Waals surface area contributed by atoms with Gasteiger partial charge in [0.15, 0.2) is 6.10 Å². The molecule has 15 heteroatoms. The summed E-state index contributed by atoms with van der Waals surface area (Å²) < 4.78 is 37.5. The van der Waals surface area contributed by atoms with Crippen molar-refractivity contribution in [3.05, 3.63) is 63.7 Å². The van der Waals surface area contributed by atoms with Crippen molar-refractivity contribution in [3.63, 3.8) is 0 Å². The second kappa shape index (κ2) is 15.4. The summed E-state index contributed by atoms with van der Waals surface area (Å²) in [6.45, 7) is 1.12. The SMILES string of the molecule is COC(=O)[C@@H]1C[C@H](OC(C)=O)C[C@H](Oc2ccc(COC(=O)Oc3ccc([N+](=O)[O-])cc3)cc2C(=O)OCCS(C)(C)C)O1. The summed E-state index contributed by atoms with van der Waals surface area (Å²) in [5, 5.41) is 10.8. The number of nitro benzene ring substituents is 1. The molecule has 1 aliphatic rings. The highest BCUT2D eigenvalue weighted by Gasteiger charge is 2.37. The average Bonchev–Trinajstić information content (AvgIpc) is 2.95. The largest absolute Gasteiger partial charge is 0.514 e. The molecule has 3 atom stereocenters. The quantitative estimate of drug-likeness (QED) is 0.107. The van der Waals surface area contributed by atoms with Crippen molar-refractivity contribution in [2.75, 3.05) is 38.2 Å². The number of non-ortho nitro benzene ring substituents is 1. The van der Waals surface area contributed by atoms with E-state index in [9.17, 15) is 29.3 Å². The van der Waals surface area contributed by atoms with E-state index in [1.54, 1.807) is 0 Å². The molecule has 3 rings (SSSR count). The van der Waals surface area contributed by atoms with Crippen molar-refractivity contribution in [1.82, 2.24) is 0 Å². The van der Waals surface area contributed by atoms with E-state index in [1.807, 2.05) is 0 Å². The average molecular weight is 638 g/mol. The molecule has 2 aromatic rings. The monoisotopic (exact) mass is 637 g/mol. The fraction of sp³-hybridized carbons (Fsp3) is 0.448. The van der Waals surface area contributed by atoms with Crippen LogP contribution in [-0.2, 0) is 39.9 Å². The van der Waals surface area contributed by atoms with Gasteiger partial charge in [0.2, 0.25) is 6.29 Å². The highest BCUT2D eigenvalue weighted by atomic mass is 32.3. The summed E-state index contributed by atoms with van der Waals surface area (Å²) in [4.78, 5) is 59.4. The molecule has 14 nitrogen and oxygen atoms in total.